The first-order valence-corrected chi connectivity index (χ1v) is 7.57. The van der Waals surface area contributed by atoms with E-state index in [4.69, 9.17) is 4.74 Å². The molecule has 0 bridgehead atoms. The second-order valence-electron chi connectivity index (χ2n) is 5.61. The summed E-state index contributed by atoms with van der Waals surface area (Å²) in [6.45, 7) is 0. The SMILES string of the molecule is COC(=O)Cc1nc2c(s1)CC1(CCCC1)CC2. The Morgan fingerprint density at radius 2 is 2.17 bits per heavy atom. The van der Waals surface area contributed by atoms with Crippen molar-refractivity contribution >= 4 is 17.3 Å². The van der Waals surface area contributed by atoms with Gasteiger partial charge in [-0.15, -0.1) is 11.3 Å². The van der Waals surface area contributed by atoms with Crippen molar-refractivity contribution in [2.24, 2.45) is 5.41 Å². The van der Waals surface area contributed by atoms with Crippen molar-refractivity contribution in [1.82, 2.24) is 4.98 Å². The Kier molecular flexibility index (Phi) is 3.14. The van der Waals surface area contributed by atoms with Crippen LogP contribution in [-0.2, 0) is 28.8 Å². The van der Waals surface area contributed by atoms with Crippen LogP contribution >= 0.6 is 11.3 Å². The van der Waals surface area contributed by atoms with Crippen molar-refractivity contribution in [3.05, 3.63) is 15.6 Å². The van der Waals surface area contributed by atoms with Gasteiger partial charge in [0.2, 0.25) is 0 Å². The van der Waals surface area contributed by atoms with Crippen LogP contribution in [0.15, 0.2) is 0 Å². The Labute approximate surface area is 112 Å². The van der Waals surface area contributed by atoms with E-state index in [2.05, 4.69) is 4.98 Å². The van der Waals surface area contributed by atoms with Crippen molar-refractivity contribution in [2.75, 3.05) is 7.11 Å². The maximum absolute atomic E-state index is 11.3. The van der Waals surface area contributed by atoms with Gasteiger partial charge in [-0.3, -0.25) is 4.79 Å². The Balaban J connectivity index is 1.77. The molecule has 0 radical (unpaired) electrons. The monoisotopic (exact) mass is 265 g/mol. The molecular formula is C14H19NO2S. The molecular weight excluding hydrogens is 246 g/mol. The molecule has 3 rings (SSSR count). The highest BCUT2D eigenvalue weighted by atomic mass is 32.1. The van der Waals surface area contributed by atoms with Gasteiger partial charge in [0.1, 0.15) is 5.01 Å². The lowest BCUT2D eigenvalue weighted by molar-refractivity contribution is -0.139. The molecule has 1 spiro atoms. The van der Waals surface area contributed by atoms with E-state index in [9.17, 15) is 4.79 Å². The zero-order chi connectivity index (χ0) is 12.6. The highest BCUT2D eigenvalue weighted by molar-refractivity contribution is 7.11. The molecule has 0 aliphatic heterocycles. The lowest BCUT2D eigenvalue weighted by atomic mass is 9.74. The number of ether oxygens (including phenoxy) is 1. The van der Waals surface area contributed by atoms with Crippen molar-refractivity contribution < 1.29 is 9.53 Å². The van der Waals surface area contributed by atoms with Gasteiger partial charge >= 0.3 is 5.97 Å². The number of methoxy groups -OCH3 is 1. The molecule has 1 aromatic heterocycles. The van der Waals surface area contributed by atoms with Crippen LogP contribution in [0.2, 0.25) is 0 Å². The van der Waals surface area contributed by atoms with Crippen LogP contribution in [0.3, 0.4) is 0 Å². The first kappa shape index (κ1) is 12.2. The molecule has 0 unspecified atom stereocenters. The molecule has 2 aliphatic carbocycles. The molecule has 0 aromatic carbocycles. The van der Waals surface area contributed by atoms with E-state index in [1.807, 2.05) is 0 Å². The van der Waals surface area contributed by atoms with E-state index in [-0.39, 0.29) is 5.97 Å². The number of aromatic nitrogens is 1. The van der Waals surface area contributed by atoms with E-state index in [1.165, 1.54) is 56.2 Å². The van der Waals surface area contributed by atoms with Gasteiger partial charge in [-0.1, -0.05) is 12.8 Å². The van der Waals surface area contributed by atoms with Crippen LogP contribution in [0.25, 0.3) is 0 Å². The van der Waals surface area contributed by atoms with Gasteiger partial charge < -0.3 is 4.74 Å². The number of fused-ring (bicyclic) bond motifs is 1. The quantitative estimate of drug-likeness (QED) is 0.772. The van der Waals surface area contributed by atoms with E-state index in [0.717, 1.165) is 11.4 Å². The predicted molar refractivity (Wildman–Crippen MR) is 70.8 cm³/mol. The molecule has 2 aliphatic rings. The molecule has 1 fully saturated rings. The summed E-state index contributed by atoms with van der Waals surface area (Å²) < 4.78 is 4.71. The summed E-state index contributed by atoms with van der Waals surface area (Å²) in [5.41, 5.74) is 1.82. The first-order valence-electron chi connectivity index (χ1n) is 6.75. The Morgan fingerprint density at radius 3 is 2.89 bits per heavy atom. The Bertz CT molecular complexity index is 460. The molecule has 3 nitrogen and oxygen atoms in total. The number of carbonyl (C=O) groups is 1. The minimum Gasteiger partial charge on any atom is -0.469 e. The fourth-order valence-electron chi connectivity index (χ4n) is 3.41. The third-order valence-electron chi connectivity index (χ3n) is 4.44. The highest BCUT2D eigenvalue weighted by Crippen LogP contribution is 2.48. The van der Waals surface area contributed by atoms with Gasteiger partial charge in [-0.2, -0.15) is 0 Å². The fourth-order valence-corrected chi connectivity index (χ4v) is 4.68. The molecule has 0 N–H and O–H groups in total. The molecule has 0 amide bonds. The number of hydrogen-bond donors (Lipinski definition) is 0. The van der Waals surface area contributed by atoms with Crippen LogP contribution in [0.1, 0.15) is 47.7 Å². The van der Waals surface area contributed by atoms with Gasteiger partial charge in [0.15, 0.2) is 0 Å². The van der Waals surface area contributed by atoms with Crippen LogP contribution < -0.4 is 0 Å². The van der Waals surface area contributed by atoms with E-state index >= 15 is 0 Å². The summed E-state index contributed by atoms with van der Waals surface area (Å²) in [4.78, 5) is 17.3. The molecule has 98 valence electrons. The second-order valence-corrected chi connectivity index (χ2v) is 6.78. The first-order chi connectivity index (χ1) is 8.71. The van der Waals surface area contributed by atoms with E-state index < -0.39 is 0 Å². The van der Waals surface area contributed by atoms with Crippen molar-refractivity contribution in [1.29, 1.82) is 0 Å². The molecule has 0 atom stereocenters. The average molecular weight is 265 g/mol. The lowest BCUT2D eigenvalue weighted by Gasteiger charge is -2.32. The van der Waals surface area contributed by atoms with Gasteiger partial charge in [0, 0.05) is 4.88 Å². The number of carbonyl (C=O) groups excluding carboxylic acids is 1. The number of aryl methyl sites for hydroxylation is 1. The summed E-state index contributed by atoms with van der Waals surface area (Å²) in [6, 6.07) is 0. The maximum atomic E-state index is 11.3. The highest BCUT2D eigenvalue weighted by Gasteiger charge is 2.38. The third-order valence-corrected chi connectivity index (χ3v) is 5.54. The second kappa shape index (κ2) is 4.65. The van der Waals surface area contributed by atoms with Gasteiger partial charge in [-0.05, 0) is 37.5 Å². The molecule has 1 aromatic rings. The number of rotatable bonds is 2. The molecule has 18 heavy (non-hydrogen) atoms. The van der Waals surface area contributed by atoms with Crippen molar-refractivity contribution in [2.45, 2.75) is 51.4 Å². The topological polar surface area (TPSA) is 39.2 Å². The number of esters is 1. The molecule has 4 heteroatoms. The standard InChI is InChI=1S/C14H19NO2S/c1-17-13(16)8-12-15-10-4-7-14(5-2-3-6-14)9-11(10)18-12/h2-9H2,1H3. The largest absolute Gasteiger partial charge is 0.469 e. The van der Waals surface area contributed by atoms with Crippen LogP contribution in [0, 0.1) is 5.41 Å². The maximum Gasteiger partial charge on any atom is 0.312 e. The normalized spacial score (nSPS) is 20.9. The molecule has 0 saturated heterocycles. The number of nitrogens with zero attached hydrogens (tertiary/aromatic N) is 1. The van der Waals surface area contributed by atoms with Crippen LogP contribution in [0.4, 0.5) is 0 Å². The minimum atomic E-state index is -0.184. The molecule has 1 heterocycles. The Hall–Kier alpha value is -0.900. The summed E-state index contributed by atoms with van der Waals surface area (Å²) in [6.07, 6.45) is 9.48. The summed E-state index contributed by atoms with van der Waals surface area (Å²) >= 11 is 1.73. The van der Waals surface area contributed by atoms with E-state index in [0.29, 0.717) is 11.8 Å². The van der Waals surface area contributed by atoms with Gasteiger partial charge in [0.05, 0.1) is 19.2 Å². The predicted octanol–water partition coefficient (Wildman–Crippen LogP) is 2.91. The van der Waals surface area contributed by atoms with Crippen molar-refractivity contribution in [3.8, 4) is 0 Å². The Morgan fingerprint density at radius 1 is 1.39 bits per heavy atom. The number of hydrogen-bond acceptors (Lipinski definition) is 4. The average Bonchev–Trinajstić information content (AvgIpc) is 2.96. The van der Waals surface area contributed by atoms with Crippen LogP contribution in [-0.4, -0.2) is 18.1 Å². The smallest absolute Gasteiger partial charge is 0.312 e. The van der Waals surface area contributed by atoms with Gasteiger partial charge in [0.25, 0.3) is 0 Å². The van der Waals surface area contributed by atoms with Crippen molar-refractivity contribution in [3.63, 3.8) is 0 Å². The third kappa shape index (κ3) is 2.18. The van der Waals surface area contributed by atoms with E-state index in [1.54, 1.807) is 11.3 Å². The van der Waals surface area contributed by atoms with Crippen LogP contribution in [0.5, 0.6) is 0 Å². The zero-order valence-electron chi connectivity index (χ0n) is 10.8. The van der Waals surface area contributed by atoms with Gasteiger partial charge in [-0.25, -0.2) is 4.98 Å². The fraction of sp³-hybridized carbons (Fsp3) is 0.714. The minimum absolute atomic E-state index is 0.184. The molecule has 1 saturated carbocycles. The summed E-state index contributed by atoms with van der Waals surface area (Å²) in [7, 11) is 1.43. The lowest BCUT2D eigenvalue weighted by Crippen LogP contribution is -2.24. The summed E-state index contributed by atoms with van der Waals surface area (Å²) in [5.74, 6) is -0.184. The zero-order valence-corrected chi connectivity index (χ0v) is 11.6. The number of thiazole rings is 1. The summed E-state index contributed by atoms with van der Waals surface area (Å²) in [5, 5.41) is 0.932.